The minimum Gasteiger partial charge on any atom is -0.394 e. The van der Waals surface area contributed by atoms with E-state index in [1.807, 2.05) is 19.0 Å². The van der Waals surface area contributed by atoms with Crippen molar-refractivity contribution in [3.05, 3.63) is 0 Å². The summed E-state index contributed by atoms with van der Waals surface area (Å²) in [6.45, 7) is 0.370. The fraction of sp³-hybridized carbons (Fsp3) is 1.00. The van der Waals surface area contributed by atoms with Gasteiger partial charge in [0.15, 0.2) is 0 Å². The lowest BCUT2D eigenvalue weighted by molar-refractivity contribution is 0.0728. The minimum atomic E-state index is -0.593. The molecule has 0 heterocycles. The molecule has 0 rings (SSSR count). The number of aliphatic hydroxyl groups excluding tert-OH is 2. The van der Waals surface area contributed by atoms with Crippen molar-refractivity contribution in [3.8, 4) is 0 Å². The smallest absolute Gasteiger partial charge is 0.0897 e. The van der Waals surface area contributed by atoms with Crippen LogP contribution in [-0.4, -0.2) is 48.5 Å². The maximum Gasteiger partial charge on any atom is 0.0897 e. The van der Waals surface area contributed by atoms with Gasteiger partial charge < -0.3 is 15.1 Å². The zero-order chi connectivity index (χ0) is 6.57. The van der Waals surface area contributed by atoms with Crippen LogP contribution in [0.2, 0.25) is 0 Å². The average molecular weight is 156 g/mol. The van der Waals surface area contributed by atoms with E-state index in [-0.39, 0.29) is 19.0 Å². The van der Waals surface area contributed by atoms with Gasteiger partial charge in [-0.15, -0.1) is 12.4 Å². The average Bonchev–Trinajstić information content (AvgIpc) is 1.65. The summed E-state index contributed by atoms with van der Waals surface area (Å²) in [6, 6.07) is 0. The first kappa shape index (κ1) is 11.9. The molecule has 0 fully saturated rings. The first-order valence-electron chi connectivity index (χ1n) is 2.60. The van der Waals surface area contributed by atoms with Gasteiger partial charge in [-0.3, -0.25) is 0 Å². The molecule has 0 aromatic rings. The Balaban J connectivity index is 0. The van der Waals surface area contributed by atoms with Crippen molar-refractivity contribution in [2.45, 2.75) is 6.10 Å². The standard InChI is InChI=1S/C5H13NO2.ClH/c1-6(2)3-5(8)4-7;/h5,7-8H,3-4H2,1-2H3;1H. The molecule has 0 saturated heterocycles. The highest BCUT2D eigenvalue weighted by Gasteiger charge is 2.00. The van der Waals surface area contributed by atoms with Crippen LogP contribution in [0.5, 0.6) is 0 Å². The summed E-state index contributed by atoms with van der Waals surface area (Å²) in [5.41, 5.74) is 0. The third-order valence-electron chi connectivity index (χ3n) is 0.787. The summed E-state index contributed by atoms with van der Waals surface area (Å²) in [4.78, 5) is 1.82. The lowest BCUT2D eigenvalue weighted by Crippen LogP contribution is -2.28. The molecule has 0 amide bonds. The summed E-state index contributed by atoms with van der Waals surface area (Å²) in [6.07, 6.45) is -0.593. The van der Waals surface area contributed by atoms with Crippen LogP contribution in [0, 0.1) is 0 Å². The highest BCUT2D eigenvalue weighted by atomic mass is 35.5. The SMILES string of the molecule is CN(C)CC(O)CO.Cl. The lowest BCUT2D eigenvalue weighted by Gasteiger charge is -2.12. The summed E-state index contributed by atoms with van der Waals surface area (Å²) in [5.74, 6) is 0. The van der Waals surface area contributed by atoms with Crippen molar-refractivity contribution in [1.82, 2.24) is 4.90 Å². The van der Waals surface area contributed by atoms with Crippen molar-refractivity contribution in [2.75, 3.05) is 27.2 Å². The number of halogens is 1. The molecule has 0 aliphatic carbocycles. The molecule has 2 N–H and O–H groups in total. The highest BCUT2D eigenvalue weighted by molar-refractivity contribution is 5.85. The van der Waals surface area contributed by atoms with Crippen LogP contribution in [0.3, 0.4) is 0 Å². The van der Waals surface area contributed by atoms with Gasteiger partial charge in [0, 0.05) is 6.54 Å². The molecule has 0 bridgehead atoms. The van der Waals surface area contributed by atoms with Crippen LogP contribution in [-0.2, 0) is 0 Å². The molecule has 1 unspecified atom stereocenters. The van der Waals surface area contributed by atoms with Gasteiger partial charge in [0.05, 0.1) is 12.7 Å². The maximum atomic E-state index is 8.74. The number of nitrogens with zero attached hydrogens (tertiary/aromatic N) is 1. The van der Waals surface area contributed by atoms with Crippen LogP contribution in [0.4, 0.5) is 0 Å². The molecule has 4 heteroatoms. The Morgan fingerprint density at radius 2 is 1.89 bits per heavy atom. The van der Waals surface area contributed by atoms with E-state index in [9.17, 15) is 0 Å². The van der Waals surface area contributed by atoms with Crippen LogP contribution in [0.25, 0.3) is 0 Å². The van der Waals surface area contributed by atoms with Crippen LogP contribution >= 0.6 is 12.4 Å². The fourth-order valence-electron chi connectivity index (χ4n) is 0.479. The van der Waals surface area contributed by atoms with Gasteiger partial charge in [-0.25, -0.2) is 0 Å². The van der Waals surface area contributed by atoms with Gasteiger partial charge in [-0.05, 0) is 14.1 Å². The van der Waals surface area contributed by atoms with Crippen molar-refractivity contribution in [1.29, 1.82) is 0 Å². The predicted octanol–water partition coefficient (Wildman–Crippen LogP) is -0.677. The van der Waals surface area contributed by atoms with E-state index in [0.717, 1.165) is 0 Å². The van der Waals surface area contributed by atoms with Crippen LogP contribution in [0.1, 0.15) is 0 Å². The fourth-order valence-corrected chi connectivity index (χ4v) is 0.479. The Hall–Kier alpha value is 0.170. The first-order valence-corrected chi connectivity index (χ1v) is 2.60. The zero-order valence-electron chi connectivity index (χ0n) is 5.74. The molecular weight excluding hydrogens is 142 g/mol. The quantitative estimate of drug-likeness (QED) is 0.568. The van der Waals surface area contributed by atoms with Gasteiger partial charge in [-0.1, -0.05) is 0 Å². The van der Waals surface area contributed by atoms with E-state index in [2.05, 4.69) is 0 Å². The Bertz CT molecular complexity index is 60.9. The van der Waals surface area contributed by atoms with Crippen LogP contribution < -0.4 is 0 Å². The lowest BCUT2D eigenvalue weighted by atomic mass is 10.4. The van der Waals surface area contributed by atoms with E-state index in [1.165, 1.54) is 0 Å². The van der Waals surface area contributed by atoms with Gasteiger partial charge in [0.2, 0.25) is 0 Å². The minimum absolute atomic E-state index is 0. The molecule has 1 atom stereocenters. The summed E-state index contributed by atoms with van der Waals surface area (Å²) >= 11 is 0. The number of hydrogen-bond donors (Lipinski definition) is 2. The second-order valence-electron chi connectivity index (χ2n) is 2.10. The Morgan fingerprint density at radius 3 is 2.00 bits per heavy atom. The van der Waals surface area contributed by atoms with E-state index < -0.39 is 6.10 Å². The topological polar surface area (TPSA) is 43.7 Å². The molecule has 0 radical (unpaired) electrons. The third-order valence-corrected chi connectivity index (χ3v) is 0.787. The van der Waals surface area contributed by atoms with E-state index in [0.29, 0.717) is 6.54 Å². The largest absolute Gasteiger partial charge is 0.394 e. The van der Waals surface area contributed by atoms with E-state index in [4.69, 9.17) is 10.2 Å². The molecule has 0 aromatic carbocycles. The summed E-state index contributed by atoms with van der Waals surface area (Å²) in [7, 11) is 3.69. The molecule has 9 heavy (non-hydrogen) atoms. The van der Waals surface area contributed by atoms with Gasteiger partial charge in [-0.2, -0.15) is 0 Å². The Labute approximate surface area is 61.7 Å². The normalized spacial score (nSPS) is 13.0. The predicted molar refractivity (Wildman–Crippen MR) is 38.9 cm³/mol. The molecule has 58 valence electrons. The Morgan fingerprint density at radius 1 is 1.44 bits per heavy atom. The summed E-state index contributed by atoms with van der Waals surface area (Å²) < 4.78 is 0. The van der Waals surface area contributed by atoms with Gasteiger partial charge >= 0.3 is 0 Å². The molecule has 0 saturated carbocycles. The second-order valence-corrected chi connectivity index (χ2v) is 2.10. The van der Waals surface area contributed by atoms with Crippen molar-refractivity contribution in [2.24, 2.45) is 0 Å². The van der Waals surface area contributed by atoms with Crippen molar-refractivity contribution in [3.63, 3.8) is 0 Å². The summed E-state index contributed by atoms with van der Waals surface area (Å²) in [5, 5.41) is 17.0. The maximum absolute atomic E-state index is 8.74. The van der Waals surface area contributed by atoms with E-state index >= 15 is 0 Å². The second kappa shape index (κ2) is 6.29. The molecule has 0 spiro atoms. The number of likely N-dealkylation sites (N-methyl/N-ethyl adjacent to an activating group) is 1. The molecule has 3 nitrogen and oxygen atoms in total. The van der Waals surface area contributed by atoms with Crippen molar-refractivity contribution >= 4 is 12.4 Å². The molecular formula is C5H14ClNO2. The third kappa shape index (κ3) is 8.17. The first-order chi connectivity index (χ1) is 3.66. The molecule has 0 aromatic heterocycles. The Kier molecular flexibility index (Phi) is 8.32. The van der Waals surface area contributed by atoms with Crippen molar-refractivity contribution < 1.29 is 10.2 Å². The van der Waals surface area contributed by atoms with E-state index in [1.54, 1.807) is 0 Å². The molecule has 0 aliphatic heterocycles. The molecule has 0 aliphatic rings. The number of hydrogen-bond acceptors (Lipinski definition) is 3. The number of rotatable bonds is 3. The highest BCUT2D eigenvalue weighted by Crippen LogP contribution is 1.81. The van der Waals surface area contributed by atoms with Crippen LogP contribution in [0.15, 0.2) is 0 Å². The monoisotopic (exact) mass is 155 g/mol. The van der Waals surface area contributed by atoms with Gasteiger partial charge in [0.1, 0.15) is 0 Å². The van der Waals surface area contributed by atoms with Gasteiger partial charge in [0.25, 0.3) is 0 Å². The number of aliphatic hydroxyl groups is 2. The zero-order valence-corrected chi connectivity index (χ0v) is 6.56.